The standard InChI is InChI=1S/C17H17FN6O2S/c1-2-23-14(20-21-17(23)27)9-10-19-16(26)13-7-8-15(25)24(22-13)12-5-3-11(18)4-6-12/h3-8H,2,9-10H2,1H3,(H,19,26)(H,21,27). The van der Waals surface area contributed by atoms with Gasteiger partial charge in [0.25, 0.3) is 11.5 Å². The van der Waals surface area contributed by atoms with Gasteiger partial charge < -0.3 is 9.88 Å². The van der Waals surface area contributed by atoms with E-state index in [9.17, 15) is 14.0 Å². The molecule has 10 heteroatoms. The van der Waals surface area contributed by atoms with Gasteiger partial charge in [0.15, 0.2) is 4.77 Å². The molecule has 3 aromatic rings. The molecule has 0 atom stereocenters. The van der Waals surface area contributed by atoms with Crippen molar-refractivity contribution >= 4 is 18.1 Å². The number of carbonyl (C=O) groups is 1. The molecule has 0 bridgehead atoms. The summed E-state index contributed by atoms with van der Waals surface area (Å²) < 4.78 is 16.5. The van der Waals surface area contributed by atoms with Gasteiger partial charge >= 0.3 is 0 Å². The summed E-state index contributed by atoms with van der Waals surface area (Å²) in [5, 5.41) is 13.7. The number of nitrogens with one attached hydrogen (secondary N) is 2. The monoisotopic (exact) mass is 388 g/mol. The molecule has 0 aliphatic rings. The number of benzene rings is 1. The fourth-order valence-electron chi connectivity index (χ4n) is 2.55. The molecule has 0 saturated heterocycles. The van der Waals surface area contributed by atoms with E-state index in [2.05, 4.69) is 20.6 Å². The van der Waals surface area contributed by atoms with Gasteiger partial charge in [0, 0.05) is 25.6 Å². The SMILES string of the molecule is CCn1c(CCNC(=O)c2ccc(=O)n(-c3ccc(F)cc3)n2)n[nH]c1=S. The molecule has 0 saturated carbocycles. The van der Waals surface area contributed by atoms with Crippen LogP contribution in [0, 0.1) is 10.6 Å². The number of aromatic amines is 1. The normalized spacial score (nSPS) is 10.7. The average molecular weight is 388 g/mol. The van der Waals surface area contributed by atoms with Gasteiger partial charge in [0.2, 0.25) is 0 Å². The highest BCUT2D eigenvalue weighted by Crippen LogP contribution is 2.06. The van der Waals surface area contributed by atoms with Crippen LogP contribution >= 0.6 is 12.2 Å². The van der Waals surface area contributed by atoms with E-state index < -0.39 is 17.3 Å². The molecule has 0 radical (unpaired) electrons. The third kappa shape index (κ3) is 4.17. The van der Waals surface area contributed by atoms with E-state index in [1.54, 1.807) is 0 Å². The fourth-order valence-corrected chi connectivity index (χ4v) is 2.83. The summed E-state index contributed by atoms with van der Waals surface area (Å²) in [4.78, 5) is 24.3. The van der Waals surface area contributed by atoms with Gasteiger partial charge in [-0.1, -0.05) is 0 Å². The number of nitrogens with zero attached hydrogens (tertiary/aromatic N) is 4. The molecule has 1 aromatic carbocycles. The van der Waals surface area contributed by atoms with Gasteiger partial charge in [-0.25, -0.2) is 4.39 Å². The molecule has 0 unspecified atom stereocenters. The van der Waals surface area contributed by atoms with Crippen molar-refractivity contribution in [1.29, 1.82) is 0 Å². The van der Waals surface area contributed by atoms with E-state index in [0.717, 1.165) is 10.5 Å². The van der Waals surface area contributed by atoms with Crippen molar-refractivity contribution < 1.29 is 9.18 Å². The van der Waals surface area contributed by atoms with E-state index in [1.165, 1.54) is 36.4 Å². The van der Waals surface area contributed by atoms with Crippen LogP contribution in [0.3, 0.4) is 0 Å². The lowest BCUT2D eigenvalue weighted by Gasteiger charge is -2.08. The predicted octanol–water partition coefficient (Wildman–Crippen LogP) is 1.62. The number of amides is 1. The van der Waals surface area contributed by atoms with Crippen LogP contribution in [-0.4, -0.2) is 37.0 Å². The zero-order valence-corrected chi connectivity index (χ0v) is 15.3. The summed E-state index contributed by atoms with van der Waals surface area (Å²) in [6.07, 6.45) is 0.490. The number of aromatic nitrogens is 5. The molecular weight excluding hydrogens is 371 g/mol. The fraction of sp³-hybridized carbons (Fsp3) is 0.235. The first-order valence-electron chi connectivity index (χ1n) is 8.28. The summed E-state index contributed by atoms with van der Waals surface area (Å²) >= 11 is 5.12. The van der Waals surface area contributed by atoms with Crippen molar-refractivity contribution in [1.82, 2.24) is 29.9 Å². The van der Waals surface area contributed by atoms with Crippen molar-refractivity contribution in [3.05, 3.63) is 68.9 Å². The number of hydrogen-bond donors (Lipinski definition) is 2. The Hall–Kier alpha value is -3.14. The minimum atomic E-state index is -0.428. The van der Waals surface area contributed by atoms with E-state index in [4.69, 9.17) is 12.2 Å². The first kappa shape index (κ1) is 18.6. The maximum absolute atomic E-state index is 13.1. The van der Waals surface area contributed by atoms with Gasteiger partial charge in [-0.3, -0.25) is 14.7 Å². The predicted molar refractivity (Wildman–Crippen MR) is 98.9 cm³/mol. The summed E-state index contributed by atoms with van der Waals surface area (Å²) in [6, 6.07) is 7.86. The van der Waals surface area contributed by atoms with Gasteiger partial charge in [0.05, 0.1) is 5.69 Å². The Morgan fingerprint density at radius 3 is 2.70 bits per heavy atom. The van der Waals surface area contributed by atoms with Crippen molar-refractivity contribution in [3.8, 4) is 5.69 Å². The molecule has 0 aliphatic carbocycles. The molecule has 140 valence electrons. The van der Waals surface area contributed by atoms with Crippen molar-refractivity contribution in [2.75, 3.05) is 6.54 Å². The molecule has 0 fully saturated rings. The smallest absolute Gasteiger partial charge is 0.271 e. The zero-order valence-electron chi connectivity index (χ0n) is 14.5. The second kappa shape index (κ2) is 8.04. The molecule has 27 heavy (non-hydrogen) atoms. The minimum absolute atomic E-state index is 0.0771. The second-order valence-corrected chi connectivity index (χ2v) is 6.03. The highest BCUT2D eigenvalue weighted by molar-refractivity contribution is 7.71. The van der Waals surface area contributed by atoms with Crippen molar-refractivity contribution in [3.63, 3.8) is 0 Å². The van der Waals surface area contributed by atoms with E-state index in [-0.39, 0.29) is 5.69 Å². The molecule has 0 spiro atoms. The molecule has 2 aromatic heterocycles. The summed E-state index contributed by atoms with van der Waals surface area (Å²) in [5.74, 6) is -0.110. The summed E-state index contributed by atoms with van der Waals surface area (Å²) in [7, 11) is 0. The molecular formula is C17H17FN6O2S. The third-order valence-electron chi connectivity index (χ3n) is 3.89. The van der Waals surface area contributed by atoms with E-state index in [1.807, 2.05) is 11.5 Å². The Morgan fingerprint density at radius 2 is 2.00 bits per heavy atom. The van der Waals surface area contributed by atoms with Crippen molar-refractivity contribution in [2.24, 2.45) is 0 Å². The third-order valence-corrected chi connectivity index (χ3v) is 4.20. The second-order valence-electron chi connectivity index (χ2n) is 5.64. The van der Waals surface area contributed by atoms with Crippen LogP contribution in [0.15, 0.2) is 41.2 Å². The lowest BCUT2D eigenvalue weighted by atomic mass is 10.3. The quantitative estimate of drug-likeness (QED) is 0.626. The molecule has 0 aliphatic heterocycles. The Bertz CT molecular complexity index is 1070. The average Bonchev–Trinajstić information content (AvgIpc) is 3.02. The van der Waals surface area contributed by atoms with Crippen LogP contribution in [0.2, 0.25) is 0 Å². The molecule has 2 N–H and O–H groups in total. The van der Waals surface area contributed by atoms with E-state index in [0.29, 0.717) is 30.0 Å². The number of rotatable bonds is 6. The Morgan fingerprint density at radius 1 is 1.26 bits per heavy atom. The lowest BCUT2D eigenvalue weighted by Crippen LogP contribution is -2.30. The van der Waals surface area contributed by atoms with Gasteiger partial charge in [0.1, 0.15) is 17.3 Å². The van der Waals surface area contributed by atoms with E-state index >= 15 is 0 Å². The Balaban J connectivity index is 1.71. The molecule has 1 amide bonds. The number of carbonyl (C=O) groups excluding carboxylic acids is 1. The Kier molecular flexibility index (Phi) is 5.55. The van der Waals surface area contributed by atoms with Crippen LogP contribution in [0.5, 0.6) is 0 Å². The number of halogens is 1. The number of hydrogen-bond acceptors (Lipinski definition) is 5. The van der Waals surface area contributed by atoms with Crippen LogP contribution in [-0.2, 0) is 13.0 Å². The maximum Gasteiger partial charge on any atom is 0.271 e. The molecule has 2 heterocycles. The van der Waals surface area contributed by atoms with Crippen LogP contribution in [0.1, 0.15) is 23.2 Å². The minimum Gasteiger partial charge on any atom is -0.350 e. The first-order valence-corrected chi connectivity index (χ1v) is 8.69. The first-order chi connectivity index (χ1) is 13.0. The lowest BCUT2D eigenvalue weighted by molar-refractivity contribution is 0.0947. The largest absolute Gasteiger partial charge is 0.350 e. The van der Waals surface area contributed by atoms with Crippen molar-refractivity contribution in [2.45, 2.75) is 19.9 Å². The highest BCUT2D eigenvalue weighted by atomic mass is 32.1. The van der Waals surface area contributed by atoms with Gasteiger partial charge in [-0.05, 0) is 49.5 Å². The topological polar surface area (TPSA) is 97.6 Å². The summed E-state index contributed by atoms with van der Waals surface area (Å²) in [5.41, 5.74) is 0.0273. The van der Waals surface area contributed by atoms with Gasteiger partial charge in [-0.15, -0.1) is 0 Å². The van der Waals surface area contributed by atoms with Crippen LogP contribution in [0.25, 0.3) is 5.69 Å². The molecule has 8 nitrogen and oxygen atoms in total. The maximum atomic E-state index is 13.1. The van der Waals surface area contributed by atoms with Crippen LogP contribution < -0.4 is 10.9 Å². The Labute approximate surface area is 158 Å². The summed E-state index contributed by atoms with van der Waals surface area (Å²) in [6.45, 7) is 2.97. The van der Waals surface area contributed by atoms with Crippen LogP contribution in [0.4, 0.5) is 4.39 Å². The zero-order chi connectivity index (χ0) is 19.4. The van der Waals surface area contributed by atoms with Gasteiger partial charge in [-0.2, -0.15) is 14.9 Å². The highest BCUT2D eigenvalue weighted by Gasteiger charge is 2.11. The molecule has 3 rings (SSSR count). The number of H-pyrrole nitrogens is 1.